The molecule has 2 unspecified atom stereocenters. The summed E-state index contributed by atoms with van der Waals surface area (Å²) in [7, 11) is -9.61. The summed E-state index contributed by atoms with van der Waals surface area (Å²) in [4.78, 5) is 16.0. The number of hydrogen-bond donors (Lipinski definition) is 4. The maximum Gasteiger partial charge on any atom is 0.346 e. The van der Waals surface area contributed by atoms with Gasteiger partial charge in [-0.05, 0) is 25.8 Å². The summed E-state index contributed by atoms with van der Waals surface area (Å²) in [5.74, 6) is 0. The van der Waals surface area contributed by atoms with E-state index in [0.29, 0.717) is 13.0 Å². The van der Waals surface area contributed by atoms with Crippen LogP contribution in [0.2, 0.25) is 0 Å². The minimum atomic E-state index is -4.87. The molecule has 9 heteroatoms. The van der Waals surface area contributed by atoms with Gasteiger partial charge in [0.15, 0.2) is 4.99 Å². The summed E-state index contributed by atoms with van der Waals surface area (Å²) in [6.45, 7) is 0.698. The average Bonchev–Trinajstić information content (AvgIpc) is 2.11. The molecule has 7 nitrogen and oxygen atoms in total. The van der Waals surface area contributed by atoms with E-state index in [4.69, 9.17) is 14.3 Å². The Labute approximate surface area is 107 Å². The van der Waals surface area contributed by atoms with Crippen molar-refractivity contribution in [1.29, 1.82) is 0 Å². The Kier molecular flexibility index (Phi) is 5.76. The van der Waals surface area contributed by atoms with Crippen molar-refractivity contribution >= 4 is 17.7 Å². The molecule has 4 N–H and O–H groups in total. The van der Waals surface area contributed by atoms with E-state index in [0.717, 1.165) is 25.7 Å². The lowest BCUT2D eigenvalue weighted by Crippen LogP contribution is -2.36. The molecular weight excluding hydrogens is 281 g/mol. The highest BCUT2D eigenvalue weighted by Gasteiger charge is 2.41. The summed E-state index contributed by atoms with van der Waals surface area (Å²) in [5.41, 5.74) is 0. The summed E-state index contributed by atoms with van der Waals surface area (Å²) in [6.07, 6.45) is 4.37. The first-order valence-electron chi connectivity index (χ1n) is 5.96. The van der Waals surface area contributed by atoms with Crippen molar-refractivity contribution in [3.8, 4) is 0 Å². The van der Waals surface area contributed by atoms with E-state index in [1.54, 1.807) is 0 Å². The van der Waals surface area contributed by atoms with Crippen LogP contribution in [0.25, 0.3) is 0 Å². The second-order valence-corrected chi connectivity index (χ2v) is 8.40. The summed E-state index contributed by atoms with van der Waals surface area (Å²) in [6, 6.07) is -0.287. The fourth-order valence-electron chi connectivity index (χ4n) is 2.15. The van der Waals surface area contributed by atoms with Crippen LogP contribution in [-0.2, 0) is 14.7 Å². The maximum absolute atomic E-state index is 11.1. The van der Waals surface area contributed by atoms with E-state index in [2.05, 4.69) is 5.32 Å². The molecule has 1 rings (SSSR count). The van der Waals surface area contributed by atoms with Gasteiger partial charge in [-0.1, -0.05) is 19.3 Å². The van der Waals surface area contributed by atoms with Gasteiger partial charge >= 0.3 is 7.60 Å². The van der Waals surface area contributed by atoms with Gasteiger partial charge in [-0.25, -0.2) is 0 Å². The smallest absolute Gasteiger partial charge is 0.323 e. The highest BCUT2D eigenvalue weighted by atomic mass is 32.2. The topological polar surface area (TPSA) is 124 Å². The van der Waals surface area contributed by atoms with Crippen molar-refractivity contribution in [2.24, 2.45) is 0 Å². The molecule has 0 aromatic rings. The zero-order valence-electron chi connectivity index (χ0n) is 10.0. The maximum atomic E-state index is 11.1. The predicted molar refractivity (Wildman–Crippen MR) is 66.9 cm³/mol. The van der Waals surface area contributed by atoms with Crippen molar-refractivity contribution in [1.82, 2.24) is 5.32 Å². The first kappa shape index (κ1) is 16.1. The standard InChI is InChI=1S/C9H20NO6PS/c11-17(12,13)9(18(14,15)16)7-8-5-3-1-2-4-6-10-8/h8-10H,1-7H2,(H2,11,12,13)(H,14,15,16). The molecule has 2 atom stereocenters. The average molecular weight is 301 g/mol. The molecular formula is C9H20NO6PS. The minimum Gasteiger partial charge on any atom is -0.323 e. The zero-order valence-corrected chi connectivity index (χ0v) is 11.7. The number of rotatable bonds is 4. The van der Waals surface area contributed by atoms with Crippen molar-refractivity contribution < 1.29 is 27.3 Å². The summed E-state index contributed by atoms with van der Waals surface area (Å²) >= 11 is 0. The molecule has 0 aromatic heterocycles. The van der Waals surface area contributed by atoms with Gasteiger partial charge in [-0.15, -0.1) is 0 Å². The third-order valence-corrected chi connectivity index (χ3v) is 6.58. The molecule has 1 saturated heterocycles. The second kappa shape index (κ2) is 6.45. The minimum absolute atomic E-state index is 0.261. The third-order valence-electron chi connectivity index (χ3n) is 3.12. The lowest BCUT2D eigenvalue weighted by molar-refractivity contribution is 0.344. The zero-order chi connectivity index (χ0) is 13.8. The molecule has 0 aromatic carbocycles. The van der Waals surface area contributed by atoms with Gasteiger partial charge in [0.25, 0.3) is 10.1 Å². The molecule has 1 heterocycles. The predicted octanol–water partition coefficient (Wildman–Crippen LogP) is 0.690. The lowest BCUT2D eigenvalue weighted by Gasteiger charge is -2.25. The Balaban J connectivity index is 2.73. The molecule has 108 valence electrons. The number of hydrogen-bond acceptors (Lipinski definition) is 4. The highest BCUT2D eigenvalue weighted by molar-refractivity contribution is 7.93. The van der Waals surface area contributed by atoms with Crippen LogP contribution in [0, 0.1) is 0 Å². The van der Waals surface area contributed by atoms with E-state index < -0.39 is 22.7 Å². The molecule has 0 aliphatic carbocycles. The molecule has 1 fully saturated rings. The monoisotopic (exact) mass is 301 g/mol. The van der Waals surface area contributed by atoms with Gasteiger partial charge in [0, 0.05) is 6.04 Å². The molecule has 18 heavy (non-hydrogen) atoms. The van der Waals surface area contributed by atoms with E-state index >= 15 is 0 Å². The summed E-state index contributed by atoms with van der Waals surface area (Å²) < 4.78 is 42.1. The van der Waals surface area contributed by atoms with Crippen molar-refractivity contribution in [2.45, 2.75) is 49.6 Å². The normalized spacial score (nSPS) is 25.2. The Morgan fingerprint density at radius 3 is 2.39 bits per heavy atom. The van der Waals surface area contributed by atoms with Crippen LogP contribution in [-0.4, -0.2) is 40.3 Å². The van der Waals surface area contributed by atoms with E-state index in [1.807, 2.05) is 0 Å². The van der Waals surface area contributed by atoms with E-state index in [-0.39, 0.29) is 12.5 Å². The Morgan fingerprint density at radius 1 is 1.22 bits per heavy atom. The molecule has 0 amide bonds. The molecule has 1 aliphatic rings. The summed E-state index contributed by atoms with van der Waals surface area (Å²) in [5, 5.41) is 3.08. The first-order valence-corrected chi connectivity index (χ1v) is 9.14. The Bertz CT molecular complexity index is 397. The van der Waals surface area contributed by atoms with Gasteiger partial charge in [0.2, 0.25) is 0 Å². The van der Waals surface area contributed by atoms with Crippen LogP contribution in [0.15, 0.2) is 0 Å². The van der Waals surface area contributed by atoms with Gasteiger partial charge in [-0.2, -0.15) is 8.42 Å². The van der Waals surface area contributed by atoms with Crippen LogP contribution in [0.4, 0.5) is 0 Å². The molecule has 1 aliphatic heterocycles. The van der Waals surface area contributed by atoms with Gasteiger partial charge in [-0.3, -0.25) is 9.12 Å². The van der Waals surface area contributed by atoms with Crippen molar-refractivity contribution in [2.75, 3.05) is 6.54 Å². The Morgan fingerprint density at radius 2 is 1.83 bits per heavy atom. The molecule has 0 saturated carbocycles. The van der Waals surface area contributed by atoms with Gasteiger partial charge < -0.3 is 15.1 Å². The van der Waals surface area contributed by atoms with Gasteiger partial charge in [0.1, 0.15) is 0 Å². The van der Waals surface area contributed by atoms with E-state index in [1.165, 1.54) is 0 Å². The van der Waals surface area contributed by atoms with Crippen molar-refractivity contribution in [3.63, 3.8) is 0 Å². The Hall–Kier alpha value is 0.0200. The lowest BCUT2D eigenvalue weighted by atomic mass is 10.0. The third kappa shape index (κ3) is 5.34. The van der Waals surface area contributed by atoms with E-state index in [9.17, 15) is 13.0 Å². The van der Waals surface area contributed by atoms with Crippen LogP contribution in [0.1, 0.15) is 38.5 Å². The molecule has 0 spiro atoms. The fraction of sp³-hybridized carbons (Fsp3) is 1.00. The molecule has 0 radical (unpaired) electrons. The fourth-order valence-corrected chi connectivity index (χ4v) is 4.55. The van der Waals surface area contributed by atoms with Crippen LogP contribution >= 0.6 is 7.60 Å². The first-order chi connectivity index (χ1) is 8.21. The highest BCUT2D eigenvalue weighted by Crippen LogP contribution is 2.46. The molecule has 0 bridgehead atoms. The largest absolute Gasteiger partial charge is 0.346 e. The van der Waals surface area contributed by atoms with Crippen LogP contribution in [0.5, 0.6) is 0 Å². The second-order valence-electron chi connectivity index (χ2n) is 4.65. The number of nitrogens with one attached hydrogen (secondary N) is 1. The van der Waals surface area contributed by atoms with Crippen LogP contribution < -0.4 is 5.32 Å². The van der Waals surface area contributed by atoms with Gasteiger partial charge in [0.05, 0.1) is 0 Å². The quantitative estimate of drug-likeness (QED) is 0.445. The van der Waals surface area contributed by atoms with Crippen molar-refractivity contribution in [3.05, 3.63) is 0 Å². The SMILES string of the molecule is O=P(O)(O)C(CC1CCCCCCN1)S(=O)(=O)O. The van der Waals surface area contributed by atoms with Crippen LogP contribution in [0.3, 0.4) is 0 Å².